The largest absolute Gasteiger partial charge is 0.508 e. The van der Waals surface area contributed by atoms with E-state index in [1.165, 1.54) is 6.07 Å². The monoisotopic (exact) mass is 350 g/mol. The van der Waals surface area contributed by atoms with Crippen LogP contribution in [0.1, 0.15) is 22.3 Å². The maximum Gasteiger partial charge on any atom is 0.127 e. The Morgan fingerprint density at radius 2 is 0.769 bits per heavy atom. The van der Waals surface area contributed by atoms with Gasteiger partial charge in [0, 0.05) is 17.2 Å². The van der Waals surface area contributed by atoms with Gasteiger partial charge in [0.25, 0.3) is 0 Å². The van der Waals surface area contributed by atoms with Gasteiger partial charge in [0.15, 0.2) is 0 Å². The molecule has 3 aromatic rings. The first-order chi connectivity index (χ1) is 12.2. The average Bonchev–Trinajstić information content (AvgIpc) is 2.55. The second-order valence-electron chi connectivity index (χ2n) is 6.79. The maximum absolute atomic E-state index is 10.4. The van der Waals surface area contributed by atoms with Gasteiger partial charge in [-0.2, -0.15) is 0 Å². The van der Waals surface area contributed by atoms with Crippen LogP contribution in [0.3, 0.4) is 0 Å². The second kappa shape index (κ2) is 6.30. The van der Waals surface area contributed by atoms with E-state index in [0.29, 0.717) is 22.3 Å². The van der Waals surface area contributed by atoms with E-state index in [9.17, 15) is 20.4 Å². The molecule has 4 nitrogen and oxygen atoms in total. The molecule has 0 spiro atoms. The Hall–Kier alpha value is -3.14. The van der Waals surface area contributed by atoms with Crippen LogP contribution in [0.2, 0.25) is 0 Å². The number of aryl methyl sites for hydroxylation is 4. The Morgan fingerprint density at radius 1 is 0.385 bits per heavy atom. The summed E-state index contributed by atoms with van der Waals surface area (Å²) in [4.78, 5) is 0. The molecule has 0 aromatic heterocycles. The van der Waals surface area contributed by atoms with Crippen molar-refractivity contribution in [2.75, 3.05) is 0 Å². The number of benzene rings is 3. The molecule has 0 heterocycles. The van der Waals surface area contributed by atoms with Gasteiger partial charge in [-0.25, -0.2) is 0 Å². The van der Waals surface area contributed by atoms with Crippen molar-refractivity contribution in [3.63, 3.8) is 0 Å². The van der Waals surface area contributed by atoms with Crippen molar-refractivity contribution >= 4 is 0 Å². The molecule has 0 bridgehead atoms. The molecule has 0 fully saturated rings. The average molecular weight is 350 g/mol. The van der Waals surface area contributed by atoms with Crippen LogP contribution >= 0.6 is 0 Å². The molecular formula is C22H22O4. The molecule has 0 amide bonds. The fourth-order valence-electron chi connectivity index (χ4n) is 3.19. The van der Waals surface area contributed by atoms with Crippen LogP contribution in [-0.4, -0.2) is 20.4 Å². The fourth-order valence-corrected chi connectivity index (χ4v) is 3.19. The Labute approximate surface area is 152 Å². The van der Waals surface area contributed by atoms with E-state index in [4.69, 9.17) is 0 Å². The summed E-state index contributed by atoms with van der Waals surface area (Å²) in [6, 6.07) is 10.0. The quantitative estimate of drug-likeness (QED) is 0.520. The van der Waals surface area contributed by atoms with Crippen molar-refractivity contribution in [3.05, 3.63) is 58.7 Å². The predicted molar refractivity (Wildman–Crippen MR) is 103 cm³/mol. The number of hydrogen-bond donors (Lipinski definition) is 4. The van der Waals surface area contributed by atoms with Crippen molar-refractivity contribution < 1.29 is 20.4 Å². The fraction of sp³-hybridized carbons (Fsp3) is 0.182. The Balaban J connectivity index is 2.27. The third kappa shape index (κ3) is 2.94. The minimum Gasteiger partial charge on any atom is -0.508 e. The van der Waals surface area contributed by atoms with Crippen LogP contribution in [-0.2, 0) is 0 Å². The molecule has 0 atom stereocenters. The van der Waals surface area contributed by atoms with Crippen molar-refractivity contribution in [2.45, 2.75) is 27.7 Å². The summed E-state index contributed by atoms with van der Waals surface area (Å²) in [5.41, 5.74) is 5.76. The van der Waals surface area contributed by atoms with Gasteiger partial charge in [-0.15, -0.1) is 0 Å². The van der Waals surface area contributed by atoms with Crippen LogP contribution in [0.25, 0.3) is 22.3 Å². The van der Waals surface area contributed by atoms with Crippen LogP contribution in [0.15, 0.2) is 36.4 Å². The summed E-state index contributed by atoms with van der Waals surface area (Å²) >= 11 is 0. The first-order valence-electron chi connectivity index (χ1n) is 8.36. The normalized spacial score (nSPS) is 10.9. The first-order valence-corrected chi connectivity index (χ1v) is 8.36. The minimum atomic E-state index is -0.0346. The molecular weight excluding hydrogens is 328 g/mol. The van der Waals surface area contributed by atoms with Gasteiger partial charge in [-0.1, -0.05) is 0 Å². The first kappa shape index (κ1) is 17.7. The topological polar surface area (TPSA) is 80.9 Å². The lowest BCUT2D eigenvalue weighted by Gasteiger charge is -2.16. The Morgan fingerprint density at radius 3 is 1.15 bits per heavy atom. The summed E-state index contributed by atoms with van der Waals surface area (Å²) in [6.07, 6.45) is 0. The van der Waals surface area contributed by atoms with Crippen molar-refractivity contribution in [3.8, 4) is 45.3 Å². The zero-order valence-electron chi connectivity index (χ0n) is 15.3. The lowest BCUT2D eigenvalue weighted by molar-refractivity contribution is 0.452. The summed E-state index contributed by atoms with van der Waals surface area (Å²) in [7, 11) is 0. The van der Waals surface area contributed by atoms with Gasteiger partial charge in [-0.3, -0.25) is 0 Å². The van der Waals surface area contributed by atoms with E-state index in [1.807, 2.05) is 26.0 Å². The van der Waals surface area contributed by atoms with Gasteiger partial charge >= 0.3 is 0 Å². The van der Waals surface area contributed by atoms with Crippen LogP contribution in [0, 0.1) is 27.7 Å². The van der Waals surface area contributed by atoms with Gasteiger partial charge in [0.05, 0.1) is 0 Å². The molecule has 4 N–H and O–H groups in total. The molecule has 4 heteroatoms. The van der Waals surface area contributed by atoms with Gasteiger partial charge in [0.2, 0.25) is 0 Å². The van der Waals surface area contributed by atoms with Crippen molar-refractivity contribution in [1.29, 1.82) is 0 Å². The smallest absolute Gasteiger partial charge is 0.127 e. The molecule has 0 aliphatic carbocycles. The Bertz CT molecular complexity index is 941. The molecule has 3 rings (SSSR count). The SMILES string of the molecule is Cc1cc(-c2cc(-c3cc(C)c(O)cc3C)c(O)cc2O)c(C)cc1O. The van der Waals surface area contributed by atoms with Gasteiger partial charge < -0.3 is 20.4 Å². The van der Waals surface area contributed by atoms with E-state index in [0.717, 1.165) is 22.3 Å². The Kier molecular flexibility index (Phi) is 4.28. The van der Waals surface area contributed by atoms with Crippen molar-refractivity contribution in [1.82, 2.24) is 0 Å². The van der Waals surface area contributed by atoms with E-state index in [1.54, 1.807) is 32.0 Å². The molecule has 0 aliphatic heterocycles. The summed E-state index contributed by atoms with van der Waals surface area (Å²) in [6.45, 7) is 7.31. The molecule has 3 aromatic carbocycles. The van der Waals surface area contributed by atoms with Gasteiger partial charge in [-0.05, 0) is 91.4 Å². The molecule has 0 aliphatic rings. The molecule has 26 heavy (non-hydrogen) atoms. The lowest BCUT2D eigenvalue weighted by Crippen LogP contribution is -1.91. The standard InChI is InChI=1S/C22H22O4/c1-11-7-19(23)13(3)5-15(11)17-9-18(22(26)10-21(17)25)16-6-14(4)20(24)8-12(16)2/h5-10,23-26H,1-4H3. The van der Waals surface area contributed by atoms with Gasteiger partial charge in [0.1, 0.15) is 23.0 Å². The molecule has 0 saturated carbocycles. The molecule has 134 valence electrons. The van der Waals surface area contributed by atoms with E-state index >= 15 is 0 Å². The highest BCUT2D eigenvalue weighted by Crippen LogP contribution is 2.43. The molecule has 0 saturated heterocycles. The predicted octanol–water partition coefficient (Wildman–Crippen LogP) is 5.08. The van der Waals surface area contributed by atoms with Crippen LogP contribution in [0.4, 0.5) is 0 Å². The number of phenolic OH excluding ortho intramolecular Hbond substituents is 4. The van der Waals surface area contributed by atoms with Crippen molar-refractivity contribution in [2.24, 2.45) is 0 Å². The molecule has 0 radical (unpaired) electrons. The zero-order valence-corrected chi connectivity index (χ0v) is 15.3. The van der Waals surface area contributed by atoms with E-state index in [2.05, 4.69) is 0 Å². The van der Waals surface area contributed by atoms with E-state index in [-0.39, 0.29) is 23.0 Å². The summed E-state index contributed by atoms with van der Waals surface area (Å²) in [5.74, 6) is 0.338. The van der Waals surface area contributed by atoms with Crippen LogP contribution in [0.5, 0.6) is 23.0 Å². The van der Waals surface area contributed by atoms with Crippen LogP contribution < -0.4 is 0 Å². The number of aromatic hydroxyl groups is 4. The molecule has 0 unspecified atom stereocenters. The highest BCUT2D eigenvalue weighted by Gasteiger charge is 2.17. The third-order valence-corrected chi connectivity index (χ3v) is 4.78. The summed E-state index contributed by atoms with van der Waals surface area (Å²) in [5, 5.41) is 40.6. The lowest BCUT2D eigenvalue weighted by atomic mass is 9.91. The maximum atomic E-state index is 10.4. The highest BCUT2D eigenvalue weighted by molar-refractivity contribution is 5.84. The zero-order chi connectivity index (χ0) is 19.2. The summed E-state index contributed by atoms with van der Waals surface area (Å²) < 4.78 is 0. The number of rotatable bonds is 2. The minimum absolute atomic E-state index is 0.0346. The second-order valence-corrected chi connectivity index (χ2v) is 6.79. The highest BCUT2D eigenvalue weighted by atomic mass is 16.3. The van der Waals surface area contributed by atoms with E-state index < -0.39 is 0 Å². The number of phenols is 4. The third-order valence-electron chi connectivity index (χ3n) is 4.78. The number of hydrogen-bond acceptors (Lipinski definition) is 4.